The lowest BCUT2D eigenvalue weighted by Crippen LogP contribution is -2.57. The molecule has 8 N–H and O–H groups in total. The highest BCUT2D eigenvalue weighted by atomic mass is 32.2. The molecule has 0 unspecified atom stereocenters. The third-order valence-corrected chi connectivity index (χ3v) is 10.8. The Bertz CT molecular complexity index is 951. The van der Waals surface area contributed by atoms with Crippen LogP contribution in [0.4, 0.5) is 0 Å². The Morgan fingerprint density at radius 2 is 1.73 bits per heavy atom. The largest absolute Gasteiger partial charge is 0.480 e. The third-order valence-electron chi connectivity index (χ3n) is 9.60. The van der Waals surface area contributed by atoms with Crippen molar-refractivity contribution in [3.8, 4) is 0 Å². The first kappa shape index (κ1) is 29.6. The van der Waals surface area contributed by atoms with Crippen LogP contribution in [-0.2, 0) is 19.8 Å². The van der Waals surface area contributed by atoms with Gasteiger partial charge < -0.3 is 21.5 Å². The second kappa shape index (κ2) is 11.9. The number of fused-ring (bicyclic) bond motifs is 2. The number of carbonyl (C=O) groups excluding carboxylic acids is 1. The lowest BCUT2D eigenvalue weighted by atomic mass is 9.69. The molecule has 2 bridgehead atoms. The maximum Gasteiger partial charge on any atom is 0.321 e. The smallest absolute Gasteiger partial charge is 0.321 e. The van der Waals surface area contributed by atoms with Crippen LogP contribution in [0.5, 0.6) is 0 Å². The van der Waals surface area contributed by atoms with Crippen molar-refractivity contribution in [2.24, 2.45) is 28.4 Å². The minimum atomic E-state index is -4.29. The summed E-state index contributed by atoms with van der Waals surface area (Å²) in [5.74, 6) is -1.10. The predicted octanol–water partition coefficient (Wildman–Crippen LogP) is 1.80. The maximum absolute atomic E-state index is 13.6. The Labute approximate surface area is 221 Å². The van der Waals surface area contributed by atoms with Gasteiger partial charge in [-0.1, -0.05) is 52.9 Å². The normalized spacial score (nSPS) is 28.9. The summed E-state index contributed by atoms with van der Waals surface area (Å²) in [5, 5.41) is 22.5. The number of guanidine groups is 1. The van der Waals surface area contributed by atoms with Gasteiger partial charge in [-0.2, -0.15) is 17.9 Å². The molecule has 3 aliphatic rings. The maximum atomic E-state index is 13.6. The molecule has 0 aromatic carbocycles. The van der Waals surface area contributed by atoms with Crippen LogP contribution in [0.3, 0.4) is 0 Å². The van der Waals surface area contributed by atoms with E-state index in [4.69, 9.17) is 11.1 Å². The molecule has 212 valence electrons. The number of nitrogens with one attached hydrogen (secondary N) is 5. The van der Waals surface area contributed by atoms with Crippen LogP contribution in [0.1, 0.15) is 91.4 Å². The summed E-state index contributed by atoms with van der Waals surface area (Å²) in [5.41, 5.74) is 5.30. The monoisotopic (exact) mass is 542 g/mol. The molecule has 0 aromatic rings. The van der Waals surface area contributed by atoms with Crippen molar-refractivity contribution in [1.29, 1.82) is 5.41 Å². The molecule has 3 fully saturated rings. The van der Waals surface area contributed by atoms with E-state index in [0.717, 1.165) is 51.4 Å². The molecule has 1 amide bonds. The second-order valence-electron chi connectivity index (χ2n) is 12.1. The SMILES string of the molecule is CC1(C)[C@@H]2CC[C@@]1(C)[C@@H](NC(=O)[C@H](CC1CCCCC1)NS(=O)(=O)N[C@@H](CCCNC(=N)N)C(=O)O)C2. The van der Waals surface area contributed by atoms with Crippen LogP contribution in [0.2, 0.25) is 0 Å². The molecule has 5 atom stereocenters. The Hall–Kier alpha value is -1.92. The van der Waals surface area contributed by atoms with Gasteiger partial charge in [-0.25, -0.2) is 0 Å². The van der Waals surface area contributed by atoms with E-state index >= 15 is 0 Å². The second-order valence-corrected chi connectivity index (χ2v) is 13.6. The van der Waals surface area contributed by atoms with E-state index in [1.807, 2.05) is 0 Å². The lowest BCUT2D eigenvalue weighted by Gasteiger charge is -2.40. The van der Waals surface area contributed by atoms with Crippen LogP contribution in [0, 0.1) is 28.1 Å². The van der Waals surface area contributed by atoms with Crippen molar-refractivity contribution in [1.82, 2.24) is 20.1 Å². The standard InChI is InChI=1S/C25H46N6O5S/c1-24(2)17-11-12-25(24,3)20(15-17)29-21(32)19(14-16-8-5-4-6-9-16)31-37(35,36)30-18(22(33)34)10-7-13-28-23(26)27/h16-20,30-31H,4-15H2,1-3H3,(H,29,32)(H,33,34)(H4,26,27,28)/t17-,18+,19+,20+,25+/m1/s1. The molecule has 0 heterocycles. The van der Waals surface area contributed by atoms with Crippen molar-refractivity contribution in [2.45, 2.75) is 110 Å². The Morgan fingerprint density at radius 3 is 2.27 bits per heavy atom. The molecule has 0 aliphatic heterocycles. The highest BCUT2D eigenvalue weighted by molar-refractivity contribution is 7.87. The van der Waals surface area contributed by atoms with Crippen LogP contribution < -0.4 is 25.8 Å². The Kier molecular flexibility index (Phi) is 9.50. The number of carboxylic acids is 1. The van der Waals surface area contributed by atoms with Gasteiger partial charge >= 0.3 is 5.97 Å². The quantitative estimate of drug-likeness (QED) is 0.105. The molecular weight excluding hydrogens is 496 g/mol. The fraction of sp³-hybridized carbons (Fsp3) is 0.880. The number of rotatable bonds is 13. The number of carboxylic acid groups (broad SMARTS) is 1. The van der Waals surface area contributed by atoms with Gasteiger partial charge in [0.2, 0.25) is 5.91 Å². The Morgan fingerprint density at radius 1 is 1.08 bits per heavy atom. The molecule has 3 saturated carbocycles. The summed E-state index contributed by atoms with van der Waals surface area (Å²) < 4.78 is 30.8. The van der Waals surface area contributed by atoms with E-state index in [1.165, 1.54) is 0 Å². The third kappa shape index (κ3) is 7.14. The van der Waals surface area contributed by atoms with Crippen LogP contribution in [0.25, 0.3) is 0 Å². The van der Waals surface area contributed by atoms with E-state index in [9.17, 15) is 23.1 Å². The first-order valence-corrected chi connectivity index (χ1v) is 15.1. The summed E-state index contributed by atoms with van der Waals surface area (Å²) in [6, 6.07) is -2.35. The predicted molar refractivity (Wildman–Crippen MR) is 142 cm³/mol. The molecule has 0 saturated heterocycles. The van der Waals surface area contributed by atoms with Gasteiger partial charge in [0, 0.05) is 12.6 Å². The first-order valence-electron chi connectivity index (χ1n) is 13.7. The zero-order valence-corrected chi connectivity index (χ0v) is 23.3. The van der Waals surface area contributed by atoms with Crippen molar-refractivity contribution in [3.63, 3.8) is 0 Å². The van der Waals surface area contributed by atoms with Gasteiger partial charge in [0.05, 0.1) is 0 Å². The van der Waals surface area contributed by atoms with Gasteiger partial charge in [0.1, 0.15) is 12.1 Å². The van der Waals surface area contributed by atoms with Crippen molar-refractivity contribution in [3.05, 3.63) is 0 Å². The minimum Gasteiger partial charge on any atom is -0.480 e. The summed E-state index contributed by atoms with van der Waals surface area (Å²) in [4.78, 5) is 25.3. The van der Waals surface area contributed by atoms with Gasteiger partial charge in [-0.15, -0.1) is 0 Å². The van der Waals surface area contributed by atoms with Crippen molar-refractivity contribution in [2.75, 3.05) is 6.54 Å². The minimum absolute atomic E-state index is 0.00686. The van der Waals surface area contributed by atoms with E-state index in [-0.39, 0.29) is 47.6 Å². The summed E-state index contributed by atoms with van der Waals surface area (Å²) >= 11 is 0. The van der Waals surface area contributed by atoms with E-state index < -0.39 is 28.3 Å². The fourth-order valence-corrected chi connectivity index (χ4v) is 8.07. The zero-order chi connectivity index (χ0) is 27.4. The number of hydrogen-bond donors (Lipinski definition) is 7. The molecule has 0 spiro atoms. The highest BCUT2D eigenvalue weighted by Gasteiger charge is 2.61. The van der Waals surface area contributed by atoms with Crippen molar-refractivity contribution < 1.29 is 23.1 Å². The highest BCUT2D eigenvalue weighted by Crippen LogP contribution is 2.65. The van der Waals surface area contributed by atoms with E-state index in [1.54, 1.807) is 0 Å². The van der Waals surface area contributed by atoms with Crippen LogP contribution in [-0.4, -0.2) is 56.0 Å². The summed E-state index contributed by atoms with van der Waals surface area (Å²) in [6.45, 7) is 7.01. The fourth-order valence-electron chi connectivity index (χ4n) is 6.83. The van der Waals surface area contributed by atoms with Gasteiger partial charge in [0.25, 0.3) is 10.2 Å². The average molecular weight is 543 g/mol. The zero-order valence-electron chi connectivity index (χ0n) is 22.4. The van der Waals surface area contributed by atoms with Gasteiger partial charge in [-0.3, -0.25) is 15.0 Å². The number of hydrogen-bond acceptors (Lipinski definition) is 5. The molecule has 37 heavy (non-hydrogen) atoms. The molecule has 3 aliphatic carbocycles. The van der Waals surface area contributed by atoms with Crippen molar-refractivity contribution >= 4 is 28.0 Å². The molecule has 0 aromatic heterocycles. The van der Waals surface area contributed by atoms with E-state index in [0.29, 0.717) is 18.8 Å². The van der Waals surface area contributed by atoms with Crippen LogP contribution in [0.15, 0.2) is 0 Å². The number of amides is 1. The van der Waals surface area contributed by atoms with Gasteiger partial charge in [0.15, 0.2) is 5.96 Å². The number of carbonyl (C=O) groups is 2. The Balaban J connectivity index is 1.68. The molecule has 0 radical (unpaired) electrons. The topological polar surface area (TPSA) is 186 Å². The van der Waals surface area contributed by atoms with Crippen LogP contribution >= 0.6 is 0 Å². The lowest BCUT2D eigenvalue weighted by molar-refractivity contribution is -0.139. The number of nitrogens with two attached hydrogens (primary N) is 1. The molecular formula is C25H46N6O5S. The number of aliphatic carboxylic acids is 1. The molecule has 11 nitrogen and oxygen atoms in total. The van der Waals surface area contributed by atoms with E-state index in [2.05, 4.69) is 40.8 Å². The molecule has 12 heteroatoms. The molecule has 3 rings (SSSR count). The average Bonchev–Trinajstić information content (AvgIpc) is 3.14. The first-order chi connectivity index (χ1) is 17.2. The summed E-state index contributed by atoms with van der Waals surface area (Å²) in [6.07, 6.45) is 8.96. The van der Waals surface area contributed by atoms with Gasteiger partial charge in [-0.05, 0) is 61.2 Å². The summed E-state index contributed by atoms with van der Waals surface area (Å²) in [7, 11) is -4.29.